The van der Waals surface area contributed by atoms with Crippen molar-refractivity contribution in [1.82, 2.24) is 0 Å². The van der Waals surface area contributed by atoms with Gasteiger partial charge in [0.25, 0.3) is 0 Å². The zero-order valence-electron chi connectivity index (χ0n) is 6.52. The number of hydrogen-bond acceptors (Lipinski definition) is 2. The Morgan fingerprint density at radius 3 is 2.00 bits per heavy atom. The summed E-state index contributed by atoms with van der Waals surface area (Å²) in [6.45, 7) is 6.59. The fraction of sp³-hybridized carbons (Fsp3) is 1.00. The van der Waals surface area contributed by atoms with Crippen LogP contribution in [-0.4, -0.2) is 17.8 Å². The van der Waals surface area contributed by atoms with E-state index in [4.69, 9.17) is 5.73 Å². The molecule has 3 N–H and O–H groups in total. The van der Waals surface area contributed by atoms with Crippen LogP contribution in [0.3, 0.4) is 0 Å². The van der Waals surface area contributed by atoms with Gasteiger partial charge in [0, 0.05) is 0 Å². The number of nitrogens with two attached hydrogens (primary N) is 1. The van der Waals surface area contributed by atoms with Crippen LogP contribution in [0.5, 0.6) is 0 Å². The molecule has 0 fully saturated rings. The largest absolute Gasteiger partial charge is 0.393 e. The maximum atomic E-state index is 9.31. The lowest BCUT2D eigenvalue weighted by molar-refractivity contribution is 0.0578. The predicted octanol–water partition coefficient (Wildman–Crippen LogP) is 0.742. The molecule has 0 amide bonds. The summed E-state index contributed by atoms with van der Waals surface area (Å²) in [5.41, 5.74) is 5.25. The van der Waals surface area contributed by atoms with E-state index in [0.717, 1.165) is 0 Å². The Kier molecular flexibility index (Phi) is 3.15. The highest BCUT2D eigenvalue weighted by Crippen LogP contribution is 2.20. The van der Waals surface area contributed by atoms with Gasteiger partial charge in [-0.2, -0.15) is 0 Å². The Labute approximate surface area is 57.1 Å². The van der Waals surface area contributed by atoms with E-state index >= 15 is 0 Å². The first-order valence-corrected chi connectivity index (χ1v) is 3.36. The van der Waals surface area contributed by atoms with Crippen molar-refractivity contribution in [3.05, 3.63) is 0 Å². The average molecular weight is 131 g/mol. The molecular formula is C7H17NO. The van der Waals surface area contributed by atoms with Crippen LogP contribution in [0.4, 0.5) is 0 Å². The van der Waals surface area contributed by atoms with Gasteiger partial charge in [0.15, 0.2) is 0 Å². The van der Waals surface area contributed by atoms with E-state index in [1.807, 2.05) is 20.8 Å². The van der Waals surface area contributed by atoms with Gasteiger partial charge in [0.2, 0.25) is 0 Å². The van der Waals surface area contributed by atoms with Crippen LogP contribution in [0, 0.1) is 5.41 Å². The summed E-state index contributed by atoms with van der Waals surface area (Å²) in [4.78, 5) is 0. The smallest absolute Gasteiger partial charge is 0.0600 e. The molecule has 0 saturated heterocycles. The SMILES string of the molecule is CC(C)(C)[C@@H](O)CCN. The van der Waals surface area contributed by atoms with Gasteiger partial charge in [-0.05, 0) is 18.4 Å². The quantitative estimate of drug-likeness (QED) is 0.580. The summed E-state index contributed by atoms with van der Waals surface area (Å²) in [6, 6.07) is 0. The van der Waals surface area contributed by atoms with E-state index in [-0.39, 0.29) is 11.5 Å². The Hall–Kier alpha value is -0.0800. The molecule has 9 heavy (non-hydrogen) atoms. The summed E-state index contributed by atoms with van der Waals surface area (Å²) >= 11 is 0. The number of aliphatic hydroxyl groups excluding tert-OH is 1. The van der Waals surface area contributed by atoms with Gasteiger partial charge >= 0.3 is 0 Å². The lowest BCUT2D eigenvalue weighted by Gasteiger charge is -2.24. The molecule has 0 saturated carbocycles. The summed E-state index contributed by atoms with van der Waals surface area (Å²) in [7, 11) is 0. The molecule has 0 aromatic rings. The van der Waals surface area contributed by atoms with Crippen LogP contribution in [0.15, 0.2) is 0 Å². The number of rotatable bonds is 2. The van der Waals surface area contributed by atoms with Gasteiger partial charge in [-0.3, -0.25) is 0 Å². The Morgan fingerprint density at radius 2 is 1.89 bits per heavy atom. The molecule has 0 heterocycles. The van der Waals surface area contributed by atoms with Crippen molar-refractivity contribution in [2.45, 2.75) is 33.3 Å². The molecule has 0 aliphatic carbocycles. The molecule has 0 spiro atoms. The van der Waals surface area contributed by atoms with Crippen molar-refractivity contribution in [3.8, 4) is 0 Å². The van der Waals surface area contributed by atoms with Gasteiger partial charge in [-0.1, -0.05) is 20.8 Å². The minimum atomic E-state index is -0.262. The molecule has 0 unspecified atom stereocenters. The highest BCUT2D eigenvalue weighted by atomic mass is 16.3. The second kappa shape index (κ2) is 3.18. The van der Waals surface area contributed by atoms with E-state index in [0.29, 0.717) is 13.0 Å². The second-order valence-corrected chi connectivity index (χ2v) is 3.46. The van der Waals surface area contributed by atoms with Crippen molar-refractivity contribution in [1.29, 1.82) is 0 Å². The first-order chi connectivity index (χ1) is 3.98. The first-order valence-electron chi connectivity index (χ1n) is 3.36. The number of aliphatic hydroxyl groups is 1. The Morgan fingerprint density at radius 1 is 1.44 bits per heavy atom. The van der Waals surface area contributed by atoms with E-state index < -0.39 is 0 Å². The average Bonchev–Trinajstić information content (AvgIpc) is 1.64. The maximum absolute atomic E-state index is 9.31. The molecular weight excluding hydrogens is 114 g/mol. The summed E-state index contributed by atoms with van der Waals surface area (Å²) in [5, 5.41) is 9.31. The molecule has 0 aromatic heterocycles. The normalized spacial score (nSPS) is 15.7. The Bertz CT molecular complexity index is 75.5. The van der Waals surface area contributed by atoms with E-state index in [2.05, 4.69) is 0 Å². The van der Waals surface area contributed by atoms with Gasteiger partial charge in [0.05, 0.1) is 6.10 Å². The molecule has 2 heteroatoms. The molecule has 0 aliphatic heterocycles. The first kappa shape index (κ1) is 8.92. The van der Waals surface area contributed by atoms with Crippen LogP contribution >= 0.6 is 0 Å². The lowest BCUT2D eigenvalue weighted by Crippen LogP contribution is -2.28. The molecule has 0 aromatic carbocycles. The van der Waals surface area contributed by atoms with Gasteiger partial charge in [-0.15, -0.1) is 0 Å². The predicted molar refractivity (Wildman–Crippen MR) is 39.1 cm³/mol. The lowest BCUT2D eigenvalue weighted by atomic mass is 9.87. The van der Waals surface area contributed by atoms with Crippen LogP contribution < -0.4 is 5.73 Å². The minimum Gasteiger partial charge on any atom is -0.393 e. The van der Waals surface area contributed by atoms with E-state index in [1.54, 1.807) is 0 Å². The summed E-state index contributed by atoms with van der Waals surface area (Å²) in [6.07, 6.45) is 0.436. The zero-order chi connectivity index (χ0) is 7.49. The van der Waals surface area contributed by atoms with Crippen LogP contribution in [0.25, 0.3) is 0 Å². The van der Waals surface area contributed by atoms with Crippen molar-refractivity contribution in [2.24, 2.45) is 11.1 Å². The maximum Gasteiger partial charge on any atom is 0.0600 e. The fourth-order valence-corrected chi connectivity index (χ4v) is 0.591. The van der Waals surface area contributed by atoms with Crippen LogP contribution in [0.2, 0.25) is 0 Å². The molecule has 0 bridgehead atoms. The molecule has 0 aliphatic rings. The van der Waals surface area contributed by atoms with Crippen molar-refractivity contribution in [3.63, 3.8) is 0 Å². The molecule has 1 atom stereocenters. The van der Waals surface area contributed by atoms with Gasteiger partial charge in [0.1, 0.15) is 0 Å². The highest BCUT2D eigenvalue weighted by molar-refractivity contribution is 4.72. The monoisotopic (exact) mass is 131 g/mol. The van der Waals surface area contributed by atoms with Gasteiger partial charge in [-0.25, -0.2) is 0 Å². The van der Waals surface area contributed by atoms with Crippen LogP contribution in [-0.2, 0) is 0 Å². The second-order valence-electron chi connectivity index (χ2n) is 3.46. The summed E-state index contributed by atoms with van der Waals surface area (Å²) in [5.74, 6) is 0. The molecule has 56 valence electrons. The third-order valence-corrected chi connectivity index (χ3v) is 1.44. The third-order valence-electron chi connectivity index (χ3n) is 1.44. The van der Waals surface area contributed by atoms with Gasteiger partial charge < -0.3 is 10.8 Å². The third kappa shape index (κ3) is 3.49. The number of hydrogen-bond donors (Lipinski definition) is 2. The Balaban J connectivity index is 3.59. The highest BCUT2D eigenvalue weighted by Gasteiger charge is 2.20. The van der Waals surface area contributed by atoms with Crippen molar-refractivity contribution >= 4 is 0 Å². The topological polar surface area (TPSA) is 46.2 Å². The van der Waals surface area contributed by atoms with E-state index in [9.17, 15) is 5.11 Å². The molecule has 0 rings (SSSR count). The fourth-order valence-electron chi connectivity index (χ4n) is 0.591. The van der Waals surface area contributed by atoms with Crippen molar-refractivity contribution < 1.29 is 5.11 Å². The van der Waals surface area contributed by atoms with E-state index in [1.165, 1.54) is 0 Å². The summed E-state index contributed by atoms with van der Waals surface area (Å²) < 4.78 is 0. The minimum absolute atomic E-state index is 0.0145. The van der Waals surface area contributed by atoms with Crippen molar-refractivity contribution in [2.75, 3.05) is 6.54 Å². The molecule has 0 radical (unpaired) electrons. The zero-order valence-corrected chi connectivity index (χ0v) is 6.52. The standard InChI is InChI=1S/C7H17NO/c1-7(2,3)6(9)4-5-8/h6,9H,4-5,8H2,1-3H3/t6-/m0/s1. The van der Waals surface area contributed by atoms with Crippen LogP contribution in [0.1, 0.15) is 27.2 Å². The molecule has 2 nitrogen and oxygen atoms in total.